The summed E-state index contributed by atoms with van der Waals surface area (Å²) >= 11 is 0. The highest BCUT2D eigenvalue weighted by Gasteiger charge is 2.30. The summed E-state index contributed by atoms with van der Waals surface area (Å²) < 4.78 is 5.02. The molecule has 11 heteroatoms. The molecule has 0 radical (unpaired) electrons. The van der Waals surface area contributed by atoms with Crippen LogP contribution in [0.25, 0.3) is 0 Å². The summed E-state index contributed by atoms with van der Waals surface area (Å²) in [6.07, 6.45) is 0.951. The number of esters is 1. The zero-order valence-electron chi connectivity index (χ0n) is 26.1. The largest absolute Gasteiger partial charge is 0.455 e. The monoisotopic (exact) mass is 608 g/mol. The van der Waals surface area contributed by atoms with Gasteiger partial charge in [0.15, 0.2) is 0 Å². The average molecular weight is 609 g/mol. The number of carbonyl (C=O) groups excluding carboxylic acids is 6. The van der Waals surface area contributed by atoms with Crippen molar-refractivity contribution >= 4 is 35.4 Å². The van der Waals surface area contributed by atoms with Gasteiger partial charge in [-0.3, -0.25) is 24.0 Å². The van der Waals surface area contributed by atoms with Crippen LogP contribution in [0.2, 0.25) is 0 Å². The third-order valence-corrected chi connectivity index (χ3v) is 7.05. The Bertz CT molecular complexity index is 1280. The molecule has 238 valence electrons. The van der Waals surface area contributed by atoms with Gasteiger partial charge in [-0.15, -0.1) is 0 Å². The molecule has 0 heterocycles. The van der Waals surface area contributed by atoms with Crippen molar-refractivity contribution in [3.05, 3.63) is 71.8 Å². The lowest BCUT2D eigenvalue weighted by Crippen LogP contribution is -2.56. The fourth-order valence-corrected chi connectivity index (χ4v) is 4.01. The zero-order valence-corrected chi connectivity index (χ0v) is 26.1. The quantitative estimate of drug-likeness (QED) is 0.158. The lowest BCUT2D eigenvalue weighted by atomic mass is 9.89. The predicted molar refractivity (Wildman–Crippen MR) is 165 cm³/mol. The van der Waals surface area contributed by atoms with E-state index in [4.69, 9.17) is 4.74 Å². The Balaban J connectivity index is 2.05. The van der Waals surface area contributed by atoms with Gasteiger partial charge in [-0.2, -0.15) is 0 Å². The SMILES string of the molecule is CCC(C)(C)C(=O)NCC(=O)NC(Cc1ccccc1)C(=O)NC(CC(C)C)C(=O)NCC(=O)C(=O)OCc1ccccc1. The molecule has 0 saturated heterocycles. The standard InChI is InChI=1S/C33H44N4O7/c1-6-33(4,5)32(43)35-20-28(39)36-26(18-23-13-9-7-10-14-23)30(41)37-25(17-22(2)3)29(40)34-19-27(38)31(42)44-21-24-15-11-8-12-16-24/h7-16,22,25-26H,6,17-21H2,1-5H3,(H,34,40)(H,35,43)(H,36,39)(H,37,41). The fourth-order valence-electron chi connectivity index (χ4n) is 4.01. The van der Waals surface area contributed by atoms with Crippen LogP contribution in [0.15, 0.2) is 60.7 Å². The molecule has 44 heavy (non-hydrogen) atoms. The van der Waals surface area contributed by atoms with E-state index in [9.17, 15) is 28.8 Å². The lowest BCUT2D eigenvalue weighted by molar-refractivity contribution is -0.154. The van der Waals surface area contributed by atoms with Crippen LogP contribution < -0.4 is 21.3 Å². The number of Topliss-reactive ketones (excluding diaryl/α,β-unsaturated/α-hetero) is 1. The van der Waals surface area contributed by atoms with Gasteiger partial charge in [-0.1, -0.05) is 95.3 Å². The van der Waals surface area contributed by atoms with Crippen LogP contribution in [0.1, 0.15) is 58.6 Å². The minimum absolute atomic E-state index is 0.0168. The van der Waals surface area contributed by atoms with E-state index in [1.165, 1.54) is 0 Å². The molecule has 0 spiro atoms. The number of hydrogen-bond acceptors (Lipinski definition) is 7. The molecule has 0 fully saturated rings. The van der Waals surface area contributed by atoms with Gasteiger partial charge in [0.05, 0.1) is 13.1 Å². The summed E-state index contributed by atoms with van der Waals surface area (Å²) in [5, 5.41) is 10.4. The molecule has 0 aliphatic carbocycles. The van der Waals surface area contributed by atoms with E-state index >= 15 is 0 Å². The van der Waals surface area contributed by atoms with Crippen molar-refractivity contribution in [3.8, 4) is 0 Å². The second-order valence-electron chi connectivity index (χ2n) is 11.6. The maximum atomic E-state index is 13.5. The molecule has 0 aromatic heterocycles. The maximum Gasteiger partial charge on any atom is 0.376 e. The summed E-state index contributed by atoms with van der Waals surface area (Å²) in [4.78, 5) is 76.2. The molecule has 2 aromatic carbocycles. The van der Waals surface area contributed by atoms with E-state index in [0.717, 1.165) is 5.56 Å². The third-order valence-electron chi connectivity index (χ3n) is 7.05. The molecule has 2 aromatic rings. The smallest absolute Gasteiger partial charge is 0.376 e. The number of amides is 4. The normalized spacial score (nSPS) is 12.4. The second kappa shape index (κ2) is 17.5. The van der Waals surface area contributed by atoms with Crippen LogP contribution >= 0.6 is 0 Å². The molecule has 0 aliphatic heterocycles. The number of benzene rings is 2. The molecule has 2 rings (SSSR count). The zero-order chi connectivity index (χ0) is 32.7. The molecule has 2 unspecified atom stereocenters. The highest BCUT2D eigenvalue weighted by molar-refractivity contribution is 6.34. The van der Waals surface area contributed by atoms with Gasteiger partial charge in [-0.05, 0) is 29.9 Å². The van der Waals surface area contributed by atoms with E-state index in [1.807, 2.05) is 32.9 Å². The third kappa shape index (κ3) is 12.4. The lowest BCUT2D eigenvalue weighted by Gasteiger charge is -2.25. The van der Waals surface area contributed by atoms with Crippen molar-refractivity contribution in [3.63, 3.8) is 0 Å². The molecule has 4 amide bonds. The van der Waals surface area contributed by atoms with E-state index in [0.29, 0.717) is 12.0 Å². The fraction of sp³-hybridized carbons (Fsp3) is 0.455. The molecule has 4 N–H and O–H groups in total. The Morgan fingerprint density at radius 2 is 1.34 bits per heavy atom. The summed E-state index contributed by atoms with van der Waals surface area (Å²) in [6, 6.07) is 15.8. The first kappa shape index (κ1) is 35.7. The Labute approximate surface area is 258 Å². The minimum Gasteiger partial charge on any atom is -0.455 e. The van der Waals surface area contributed by atoms with Crippen LogP contribution in [-0.2, 0) is 46.5 Å². The first-order valence-corrected chi connectivity index (χ1v) is 14.8. The Kier molecular flexibility index (Phi) is 14.2. The number of ether oxygens (including phenoxy) is 1. The molecule has 0 aliphatic rings. The van der Waals surface area contributed by atoms with Crippen LogP contribution in [0.4, 0.5) is 0 Å². The van der Waals surface area contributed by atoms with Crippen molar-refractivity contribution in [1.29, 1.82) is 0 Å². The van der Waals surface area contributed by atoms with E-state index < -0.39 is 53.5 Å². The van der Waals surface area contributed by atoms with Gasteiger partial charge < -0.3 is 26.0 Å². The molecular weight excluding hydrogens is 564 g/mol. The van der Waals surface area contributed by atoms with E-state index in [-0.39, 0.29) is 37.8 Å². The number of hydrogen-bond donors (Lipinski definition) is 4. The number of carbonyl (C=O) groups is 6. The Morgan fingerprint density at radius 1 is 0.750 bits per heavy atom. The Hall–Kier alpha value is -4.54. The van der Waals surface area contributed by atoms with Crippen LogP contribution in [0, 0.1) is 11.3 Å². The first-order chi connectivity index (χ1) is 20.8. The van der Waals surface area contributed by atoms with Crippen molar-refractivity contribution in [2.24, 2.45) is 11.3 Å². The van der Waals surface area contributed by atoms with Gasteiger partial charge in [-0.25, -0.2) is 4.79 Å². The molecule has 11 nitrogen and oxygen atoms in total. The van der Waals surface area contributed by atoms with Crippen LogP contribution in [0.3, 0.4) is 0 Å². The molecular formula is C33H44N4O7. The summed E-state index contributed by atoms with van der Waals surface area (Å²) in [6.45, 7) is 8.13. The predicted octanol–water partition coefficient (Wildman–Crippen LogP) is 2.23. The molecule has 2 atom stereocenters. The van der Waals surface area contributed by atoms with Crippen molar-refractivity contribution in [2.75, 3.05) is 13.1 Å². The van der Waals surface area contributed by atoms with Crippen LogP contribution in [-0.4, -0.2) is 60.6 Å². The second-order valence-corrected chi connectivity index (χ2v) is 11.6. The van der Waals surface area contributed by atoms with E-state index in [2.05, 4.69) is 21.3 Å². The van der Waals surface area contributed by atoms with Gasteiger partial charge in [0.25, 0.3) is 5.78 Å². The summed E-state index contributed by atoms with van der Waals surface area (Å²) in [7, 11) is 0. The van der Waals surface area contributed by atoms with Crippen molar-refractivity contribution < 1.29 is 33.5 Å². The molecule has 0 bridgehead atoms. The van der Waals surface area contributed by atoms with Crippen molar-refractivity contribution in [1.82, 2.24) is 21.3 Å². The average Bonchev–Trinajstić information content (AvgIpc) is 3.01. The first-order valence-electron chi connectivity index (χ1n) is 14.8. The van der Waals surface area contributed by atoms with Gasteiger partial charge in [0.1, 0.15) is 18.7 Å². The van der Waals surface area contributed by atoms with Gasteiger partial charge in [0.2, 0.25) is 23.6 Å². The minimum atomic E-state index is -1.08. The number of ketones is 1. The summed E-state index contributed by atoms with van der Waals surface area (Å²) in [5.74, 6) is -4.16. The highest BCUT2D eigenvalue weighted by Crippen LogP contribution is 2.19. The highest BCUT2D eigenvalue weighted by atomic mass is 16.5. The summed E-state index contributed by atoms with van der Waals surface area (Å²) in [5.41, 5.74) is 0.828. The van der Waals surface area contributed by atoms with E-state index in [1.54, 1.807) is 62.4 Å². The maximum absolute atomic E-state index is 13.5. The topological polar surface area (TPSA) is 160 Å². The Morgan fingerprint density at radius 3 is 1.91 bits per heavy atom. The molecule has 0 saturated carbocycles. The number of nitrogens with one attached hydrogen (secondary N) is 4. The van der Waals surface area contributed by atoms with Gasteiger partial charge in [0, 0.05) is 11.8 Å². The number of rotatable bonds is 17. The van der Waals surface area contributed by atoms with Crippen LogP contribution in [0.5, 0.6) is 0 Å². The van der Waals surface area contributed by atoms with Crippen molar-refractivity contribution in [2.45, 2.75) is 72.6 Å². The van der Waals surface area contributed by atoms with Gasteiger partial charge >= 0.3 is 5.97 Å².